The van der Waals surface area contributed by atoms with Crippen LogP contribution in [-0.2, 0) is 18.8 Å². The number of benzene rings is 1. The predicted molar refractivity (Wildman–Crippen MR) is 108 cm³/mol. The molecule has 0 aliphatic carbocycles. The lowest BCUT2D eigenvalue weighted by atomic mass is 9.78. The molecule has 0 unspecified atom stereocenters. The SMILES string of the molecule is COC(=O)c1cc(B2OC(C)(C)C(C)(C)O2)cc(N(C)C(=O)OC(C)(C)C)c1. The molecule has 2 rings (SSSR count). The lowest BCUT2D eigenvalue weighted by Gasteiger charge is -2.32. The first-order chi connectivity index (χ1) is 12.7. The molecule has 154 valence electrons. The van der Waals surface area contributed by atoms with Crippen LogP contribution < -0.4 is 10.4 Å². The molecule has 1 aromatic carbocycles. The topological polar surface area (TPSA) is 74.3 Å². The summed E-state index contributed by atoms with van der Waals surface area (Å²) in [5.41, 5.74) is -0.319. The molecular weight excluding hydrogens is 361 g/mol. The van der Waals surface area contributed by atoms with E-state index in [0.717, 1.165) is 0 Å². The van der Waals surface area contributed by atoms with Crippen LogP contribution in [0.2, 0.25) is 0 Å². The Hall–Kier alpha value is -2.06. The third-order valence-corrected chi connectivity index (χ3v) is 4.94. The normalized spacial score (nSPS) is 18.0. The molecule has 1 aromatic rings. The average Bonchev–Trinajstić information content (AvgIpc) is 2.79. The highest BCUT2D eigenvalue weighted by molar-refractivity contribution is 6.62. The molecule has 0 atom stereocenters. The summed E-state index contributed by atoms with van der Waals surface area (Å²) in [5, 5.41) is 0. The van der Waals surface area contributed by atoms with E-state index in [2.05, 4.69) is 0 Å². The smallest absolute Gasteiger partial charge is 0.465 e. The van der Waals surface area contributed by atoms with Crippen molar-refractivity contribution in [1.29, 1.82) is 0 Å². The van der Waals surface area contributed by atoms with E-state index in [4.69, 9.17) is 18.8 Å². The number of carbonyl (C=O) groups is 2. The fourth-order valence-corrected chi connectivity index (χ4v) is 2.62. The van der Waals surface area contributed by atoms with Gasteiger partial charge in [0.2, 0.25) is 0 Å². The van der Waals surface area contributed by atoms with E-state index in [-0.39, 0.29) is 0 Å². The lowest BCUT2D eigenvalue weighted by molar-refractivity contribution is 0.00578. The second-order valence-corrected chi connectivity index (χ2v) is 8.93. The largest absolute Gasteiger partial charge is 0.494 e. The van der Waals surface area contributed by atoms with Gasteiger partial charge in [-0.05, 0) is 72.1 Å². The Kier molecular flexibility index (Phi) is 5.88. The number of methoxy groups -OCH3 is 1. The van der Waals surface area contributed by atoms with Gasteiger partial charge in [0, 0.05) is 12.7 Å². The van der Waals surface area contributed by atoms with Crippen LogP contribution in [-0.4, -0.2) is 50.1 Å². The summed E-state index contributed by atoms with van der Waals surface area (Å²) in [6, 6.07) is 4.98. The van der Waals surface area contributed by atoms with Crippen LogP contribution in [0.1, 0.15) is 58.8 Å². The summed E-state index contributed by atoms with van der Waals surface area (Å²) in [6.45, 7) is 13.2. The number of hydrogen-bond acceptors (Lipinski definition) is 6. The van der Waals surface area contributed by atoms with E-state index in [0.29, 0.717) is 16.7 Å². The van der Waals surface area contributed by atoms with Crippen molar-refractivity contribution >= 4 is 30.3 Å². The number of anilines is 1. The number of nitrogens with zero attached hydrogens (tertiary/aromatic N) is 1. The molecule has 0 N–H and O–H groups in total. The Morgan fingerprint density at radius 3 is 2.04 bits per heavy atom. The van der Waals surface area contributed by atoms with Gasteiger partial charge in [0.25, 0.3) is 0 Å². The third kappa shape index (κ3) is 4.67. The van der Waals surface area contributed by atoms with E-state index in [9.17, 15) is 9.59 Å². The maximum atomic E-state index is 12.5. The second kappa shape index (κ2) is 7.41. The zero-order valence-electron chi connectivity index (χ0n) is 18.2. The van der Waals surface area contributed by atoms with Crippen molar-refractivity contribution in [1.82, 2.24) is 0 Å². The summed E-state index contributed by atoms with van der Waals surface area (Å²) in [5.74, 6) is -0.516. The van der Waals surface area contributed by atoms with Crippen molar-refractivity contribution in [3.8, 4) is 0 Å². The van der Waals surface area contributed by atoms with Crippen molar-refractivity contribution in [2.45, 2.75) is 65.3 Å². The van der Waals surface area contributed by atoms with Gasteiger partial charge in [-0.2, -0.15) is 0 Å². The number of hydrogen-bond donors (Lipinski definition) is 0. The standard InChI is InChI=1S/C20H30BNO6/c1-18(2,3)26-17(24)22(8)15-11-13(16(23)25-9)10-14(12-15)21-27-19(4,5)20(6,7)28-21/h10-12H,1-9H3. The average molecular weight is 391 g/mol. The maximum Gasteiger partial charge on any atom is 0.494 e. The fraction of sp³-hybridized carbons (Fsp3) is 0.600. The summed E-state index contributed by atoms with van der Waals surface area (Å²) in [7, 11) is 2.21. The Bertz CT molecular complexity index is 752. The monoisotopic (exact) mass is 391 g/mol. The van der Waals surface area contributed by atoms with E-state index in [1.165, 1.54) is 12.0 Å². The molecule has 0 radical (unpaired) electrons. The Balaban J connectivity index is 2.44. The van der Waals surface area contributed by atoms with Gasteiger partial charge >= 0.3 is 19.2 Å². The van der Waals surface area contributed by atoms with Crippen LogP contribution in [0.15, 0.2) is 18.2 Å². The molecule has 0 saturated carbocycles. The molecule has 1 heterocycles. The number of carbonyl (C=O) groups excluding carboxylic acids is 2. The van der Waals surface area contributed by atoms with Gasteiger partial charge in [-0.25, -0.2) is 9.59 Å². The lowest BCUT2D eigenvalue weighted by Crippen LogP contribution is -2.41. The van der Waals surface area contributed by atoms with Gasteiger partial charge in [0.15, 0.2) is 0 Å². The highest BCUT2D eigenvalue weighted by atomic mass is 16.7. The molecule has 0 bridgehead atoms. The zero-order chi connectivity index (χ0) is 21.5. The Labute approximate surface area is 167 Å². The summed E-state index contributed by atoms with van der Waals surface area (Å²) < 4.78 is 22.4. The van der Waals surface area contributed by atoms with Gasteiger partial charge < -0.3 is 18.8 Å². The molecule has 1 amide bonds. The Morgan fingerprint density at radius 2 is 1.57 bits per heavy atom. The summed E-state index contributed by atoms with van der Waals surface area (Å²) >= 11 is 0. The number of amides is 1. The minimum absolute atomic E-state index is 0.292. The number of ether oxygens (including phenoxy) is 2. The van der Waals surface area contributed by atoms with Gasteiger partial charge in [0.05, 0.1) is 23.9 Å². The fourth-order valence-electron chi connectivity index (χ4n) is 2.62. The molecule has 1 aliphatic heterocycles. The Morgan fingerprint density at radius 1 is 1.04 bits per heavy atom. The molecule has 28 heavy (non-hydrogen) atoms. The van der Waals surface area contributed by atoms with E-state index in [1.54, 1.807) is 46.0 Å². The van der Waals surface area contributed by atoms with Gasteiger partial charge in [-0.3, -0.25) is 4.90 Å². The van der Waals surface area contributed by atoms with Crippen LogP contribution in [0.5, 0.6) is 0 Å². The zero-order valence-corrected chi connectivity index (χ0v) is 18.2. The van der Waals surface area contributed by atoms with Gasteiger partial charge in [-0.15, -0.1) is 0 Å². The molecule has 1 aliphatic rings. The molecule has 8 heteroatoms. The minimum Gasteiger partial charge on any atom is -0.465 e. The van der Waals surface area contributed by atoms with Crippen molar-refractivity contribution in [3.05, 3.63) is 23.8 Å². The number of rotatable bonds is 3. The summed E-state index contributed by atoms with van der Waals surface area (Å²) in [6.07, 6.45) is -0.533. The molecule has 1 saturated heterocycles. The van der Waals surface area contributed by atoms with Gasteiger partial charge in [0.1, 0.15) is 5.60 Å². The van der Waals surface area contributed by atoms with E-state index >= 15 is 0 Å². The maximum absolute atomic E-state index is 12.5. The molecule has 1 fully saturated rings. The number of esters is 1. The second-order valence-electron chi connectivity index (χ2n) is 8.93. The van der Waals surface area contributed by atoms with Gasteiger partial charge in [-0.1, -0.05) is 0 Å². The van der Waals surface area contributed by atoms with Crippen molar-refractivity contribution in [2.75, 3.05) is 19.1 Å². The van der Waals surface area contributed by atoms with E-state index < -0.39 is 36.0 Å². The molecule has 0 spiro atoms. The van der Waals surface area contributed by atoms with Crippen LogP contribution >= 0.6 is 0 Å². The predicted octanol–water partition coefficient (Wildman–Crippen LogP) is 3.14. The van der Waals surface area contributed by atoms with Crippen molar-refractivity contribution < 1.29 is 28.4 Å². The third-order valence-electron chi connectivity index (χ3n) is 4.94. The first-order valence-electron chi connectivity index (χ1n) is 9.22. The minimum atomic E-state index is -0.680. The highest BCUT2D eigenvalue weighted by Gasteiger charge is 2.52. The quantitative estimate of drug-likeness (QED) is 0.582. The van der Waals surface area contributed by atoms with Crippen molar-refractivity contribution in [2.24, 2.45) is 0 Å². The molecular formula is C20H30BNO6. The van der Waals surface area contributed by atoms with Crippen LogP contribution in [0, 0.1) is 0 Å². The molecule has 7 nitrogen and oxygen atoms in total. The van der Waals surface area contributed by atoms with Crippen LogP contribution in [0.25, 0.3) is 0 Å². The van der Waals surface area contributed by atoms with E-state index in [1.807, 2.05) is 27.7 Å². The highest BCUT2D eigenvalue weighted by Crippen LogP contribution is 2.36. The van der Waals surface area contributed by atoms with Crippen LogP contribution in [0.3, 0.4) is 0 Å². The first kappa shape index (κ1) is 22.2. The summed E-state index contributed by atoms with van der Waals surface area (Å²) in [4.78, 5) is 26.0. The van der Waals surface area contributed by atoms with Crippen LogP contribution in [0.4, 0.5) is 10.5 Å². The van der Waals surface area contributed by atoms with Crippen molar-refractivity contribution in [3.63, 3.8) is 0 Å². The first-order valence-corrected chi connectivity index (χ1v) is 9.22. The molecule has 0 aromatic heterocycles.